The molecule has 1 aliphatic rings. The highest BCUT2D eigenvalue weighted by Gasteiger charge is 2.48. The number of rotatable bonds is 7. The van der Waals surface area contributed by atoms with Crippen LogP contribution in [0.2, 0.25) is 0 Å². The van der Waals surface area contributed by atoms with E-state index in [0.717, 1.165) is 0 Å². The molecule has 2 atom stereocenters. The number of likely N-dealkylation sites (N-methyl/N-ethyl adjacent to an activating group) is 1. The number of carboxylic acid groups (broad SMARTS) is 1. The van der Waals surface area contributed by atoms with Gasteiger partial charge in [-0.05, 0) is 32.6 Å². The average Bonchev–Trinajstić information content (AvgIpc) is 3.22. The SMILES string of the molecule is CN(C)CCN(CC(=O)O)C(=O)[C@@H]1C[C@@H]1c1c(F)cccc1F. The highest BCUT2D eigenvalue weighted by Crippen LogP contribution is 2.50. The minimum absolute atomic E-state index is 0.0752. The molecular formula is C16H20F2N2O3. The Balaban J connectivity index is 2.08. The van der Waals surface area contributed by atoms with Crippen molar-refractivity contribution in [3.8, 4) is 0 Å². The average molecular weight is 326 g/mol. The monoisotopic (exact) mass is 326 g/mol. The lowest BCUT2D eigenvalue weighted by molar-refractivity contribution is -0.145. The molecule has 1 aliphatic carbocycles. The highest BCUT2D eigenvalue weighted by atomic mass is 19.1. The Morgan fingerprint density at radius 3 is 2.35 bits per heavy atom. The van der Waals surface area contributed by atoms with Crippen LogP contribution in [0.1, 0.15) is 17.9 Å². The molecule has 1 saturated carbocycles. The van der Waals surface area contributed by atoms with Crippen molar-refractivity contribution in [3.05, 3.63) is 35.4 Å². The van der Waals surface area contributed by atoms with Crippen LogP contribution >= 0.6 is 0 Å². The third-order valence-corrected chi connectivity index (χ3v) is 3.93. The fourth-order valence-corrected chi connectivity index (χ4v) is 2.64. The number of carbonyl (C=O) groups is 2. The zero-order valence-electron chi connectivity index (χ0n) is 13.1. The molecule has 7 heteroatoms. The second-order valence-electron chi connectivity index (χ2n) is 6.04. The summed E-state index contributed by atoms with van der Waals surface area (Å²) in [5.74, 6) is -3.86. The first-order chi connectivity index (χ1) is 10.8. The second-order valence-corrected chi connectivity index (χ2v) is 6.04. The predicted molar refractivity (Wildman–Crippen MR) is 80.0 cm³/mol. The van der Waals surface area contributed by atoms with Gasteiger partial charge in [0.05, 0.1) is 0 Å². The first-order valence-corrected chi connectivity index (χ1v) is 7.40. The van der Waals surface area contributed by atoms with E-state index >= 15 is 0 Å². The Bertz CT molecular complexity index is 587. The molecule has 2 rings (SSSR count). The second kappa shape index (κ2) is 7.04. The third kappa shape index (κ3) is 4.25. The molecule has 5 nitrogen and oxygen atoms in total. The van der Waals surface area contributed by atoms with Crippen LogP contribution in [0.25, 0.3) is 0 Å². The number of aliphatic carboxylic acids is 1. The van der Waals surface area contributed by atoms with E-state index in [1.165, 1.54) is 23.1 Å². The number of carboxylic acids is 1. The maximum absolute atomic E-state index is 13.8. The number of halogens is 2. The molecule has 1 amide bonds. The van der Waals surface area contributed by atoms with Gasteiger partial charge in [-0.3, -0.25) is 9.59 Å². The number of hydrogen-bond donors (Lipinski definition) is 1. The van der Waals surface area contributed by atoms with E-state index in [1.54, 1.807) is 0 Å². The fraction of sp³-hybridized carbons (Fsp3) is 0.500. The lowest BCUT2D eigenvalue weighted by Crippen LogP contribution is -2.41. The Morgan fingerprint density at radius 1 is 1.22 bits per heavy atom. The largest absolute Gasteiger partial charge is 0.480 e. The van der Waals surface area contributed by atoms with Crippen molar-refractivity contribution in [1.29, 1.82) is 0 Å². The summed E-state index contributed by atoms with van der Waals surface area (Å²) in [5, 5.41) is 8.94. The van der Waals surface area contributed by atoms with Crippen LogP contribution in [0.3, 0.4) is 0 Å². The summed E-state index contributed by atoms with van der Waals surface area (Å²) in [4.78, 5) is 26.5. The summed E-state index contributed by atoms with van der Waals surface area (Å²) < 4.78 is 27.6. The molecule has 0 heterocycles. The Morgan fingerprint density at radius 2 is 1.83 bits per heavy atom. The van der Waals surface area contributed by atoms with Crippen molar-refractivity contribution < 1.29 is 23.5 Å². The van der Waals surface area contributed by atoms with E-state index in [-0.39, 0.29) is 18.0 Å². The van der Waals surface area contributed by atoms with Gasteiger partial charge in [-0.1, -0.05) is 6.07 Å². The van der Waals surface area contributed by atoms with Crippen LogP contribution in [0.5, 0.6) is 0 Å². The van der Waals surface area contributed by atoms with Crippen molar-refractivity contribution >= 4 is 11.9 Å². The van der Waals surface area contributed by atoms with Gasteiger partial charge in [-0.25, -0.2) is 8.78 Å². The van der Waals surface area contributed by atoms with E-state index < -0.39 is 36.0 Å². The van der Waals surface area contributed by atoms with Gasteiger partial charge in [0.25, 0.3) is 0 Å². The van der Waals surface area contributed by atoms with Gasteiger partial charge in [0.2, 0.25) is 5.91 Å². The summed E-state index contributed by atoms with van der Waals surface area (Å²) in [6.45, 7) is 0.376. The molecule has 1 fully saturated rings. The predicted octanol–water partition coefficient (Wildman–Crippen LogP) is 1.54. The van der Waals surface area contributed by atoms with Gasteiger partial charge in [0.15, 0.2) is 0 Å². The molecule has 0 bridgehead atoms. The maximum atomic E-state index is 13.8. The molecule has 1 N–H and O–H groups in total. The van der Waals surface area contributed by atoms with Gasteiger partial charge >= 0.3 is 5.97 Å². The zero-order valence-corrected chi connectivity index (χ0v) is 13.1. The van der Waals surface area contributed by atoms with Crippen molar-refractivity contribution in [3.63, 3.8) is 0 Å². The minimum atomic E-state index is -1.11. The van der Waals surface area contributed by atoms with Crippen LogP contribution in [-0.2, 0) is 9.59 Å². The van der Waals surface area contributed by atoms with Crippen LogP contribution in [0.15, 0.2) is 18.2 Å². The summed E-state index contributed by atoms with van der Waals surface area (Å²) in [6, 6.07) is 3.61. The van der Waals surface area contributed by atoms with Crippen molar-refractivity contribution in [2.75, 3.05) is 33.7 Å². The molecule has 126 valence electrons. The molecule has 0 saturated heterocycles. The molecule has 0 aromatic heterocycles. The van der Waals surface area contributed by atoms with Crippen molar-refractivity contribution in [2.45, 2.75) is 12.3 Å². The van der Waals surface area contributed by atoms with Gasteiger partial charge in [0, 0.05) is 30.5 Å². The van der Waals surface area contributed by atoms with E-state index in [2.05, 4.69) is 0 Å². The topological polar surface area (TPSA) is 60.9 Å². The third-order valence-electron chi connectivity index (χ3n) is 3.93. The smallest absolute Gasteiger partial charge is 0.323 e. The Labute approximate surface area is 133 Å². The van der Waals surface area contributed by atoms with Gasteiger partial charge in [-0.15, -0.1) is 0 Å². The number of nitrogens with zero attached hydrogens (tertiary/aromatic N) is 2. The van der Waals surface area contributed by atoms with Crippen molar-refractivity contribution in [1.82, 2.24) is 9.80 Å². The molecule has 0 unspecified atom stereocenters. The molecule has 0 radical (unpaired) electrons. The molecule has 1 aromatic rings. The summed E-state index contributed by atoms with van der Waals surface area (Å²) in [6.07, 6.45) is 0.342. The highest BCUT2D eigenvalue weighted by molar-refractivity contribution is 5.86. The van der Waals surface area contributed by atoms with E-state index in [9.17, 15) is 18.4 Å². The lowest BCUT2D eigenvalue weighted by Gasteiger charge is -2.23. The van der Waals surface area contributed by atoms with Gasteiger partial charge in [-0.2, -0.15) is 0 Å². The van der Waals surface area contributed by atoms with Crippen LogP contribution in [0.4, 0.5) is 8.78 Å². The maximum Gasteiger partial charge on any atom is 0.323 e. The minimum Gasteiger partial charge on any atom is -0.480 e. The number of benzene rings is 1. The normalized spacial score (nSPS) is 19.7. The lowest BCUT2D eigenvalue weighted by atomic mass is 10.1. The summed E-state index contributed by atoms with van der Waals surface area (Å²) in [5.41, 5.74) is -0.0752. The molecule has 0 spiro atoms. The number of carbonyl (C=O) groups excluding carboxylic acids is 1. The summed E-state index contributed by atoms with van der Waals surface area (Å²) >= 11 is 0. The molecule has 1 aromatic carbocycles. The first kappa shape index (κ1) is 17.3. The standard InChI is InChI=1S/C16H20F2N2O3/c1-19(2)6-7-20(9-14(21)22)16(23)11-8-10(11)15-12(17)4-3-5-13(15)18/h3-5,10-11H,6-9H2,1-2H3,(H,21,22)/t10-,11+/m0/s1. The first-order valence-electron chi connectivity index (χ1n) is 7.40. The van der Waals surface area contributed by atoms with Crippen LogP contribution in [0, 0.1) is 17.6 Å². The zero-order chi connectivity index (χ0) is 17.1. The van der Waals surface area contributed by atoms with E-state index in [0.29, 0.717) is 13.0 Å². The Hall–Kier alpha value is -2.02. The van der Waals surface area contributed by atoms with Gasteiger partial charge in [0.1, 0.15) is 18.2 Å². The van der Waals surface area contributed by atoms with Crippen molar-refractivity contribution in [2.24, 2.45) is 5.92 Å². The molecular weight excluding hydrogens is 306 g/mol. The fourth-order valence-electron chi connectivity index (χ4n) is 2.64. The van der Waals surface area contributed by atoms with Crippen LogP contribution < -0.4 is 0 Å². The number of amides is 1. The van der Waals surface area contributed by atoms with Crippen LogP contribution in [-0.4, -0.2) is 60.5 Å². The molecule has 0 aliphatic heterocycles. The molecule has 23 heavy (non-hydrogen) atoms. The summed E-state index contributed by atoms with van der Waals surface area (Å²) in [7, 11) is 3.64. The van der Waals surface area contributed by atoms with E-state index in [1.807, 2.05) is 19.0 Å². The Kier molecular flexibility index (Phi) is 5.30. The number of hydrogen-bond acceptors (Lipinski definition) is 3. The quantitative estimate of drug-likeness (QED) is 0.826. The van der Waals surface area contributed by atoms with Gasteiger partial charge < -0.3 is 14.9 Å². The van der Waals surface area contributed by atoms with E-state index in [4.69, 9.17) is 5.11 Å².